The van der Waals surface area contributed by atoms with Crippen LogP contribution < -0.4 is 16.0 Å². The average Bonchev–Trinajstić information content (AvgIpc) is 2.14. The molecule has 4 nitrogen and oxygen atoms in total. The molecule has 0 aromatic rings. The molecule has 3 aliphatic rings. The van der Waals surface area contributed by atoms with Gasteiger partial charge in [-0.1, -0.05) is 0 Å². The van der Waals surface area contributed by atoms with Gasteiger partial charge in [0, 0.05) is 18.1 Å². The molecule has 0 aromatic carbocycles. The zero-order valence-electron chi connectivity index (χ0n) is 10.5. The number of hydrogen-bond donors (Lipinski definition) is 3. The van der Waals surface area contributed by atoms with Crippen molar-refractivity contribution in [3.8, 4) is 0 Å². The molecule has 3 aliphatic heterocycles. The Morgan fingerprint density at radius 2 is 1.00 bits per heavy atom. The van der Waals surface area contributed by atoms with Crippen LogP contribution in [0.5, 0.6) is 0 Å². The number of rotatable bonds is 0. The first-order valence-electron chi connectivity index (χ1n) is 6.69. The molecule has 0 amide bonds. The summed E-state index contributed by atoms with van der Waals surface area (Å²) in [4.78, 5) is 2.62. The molecule has 0 aromatic heterocycles. The third kappa shape index (κ3) is 1.78. The summed E-state index contributed by atoms with van der Waals surface area (Å²) in [5.74, 6) is 0. The van der Waals surface area contributed by atoms with Crippen molar-refractivity contribution in [2.45, 2.75) is 76.7 Å². The topological polar surface area (TPSA) is 39.3 Å². The summed E-state index contributed by atoms with van der Waals surface area (Å²) >= 11 is 0. The molecule has 3 saturated heterocycles. The van der Waals surface area contributed by atoms with E-state index in [9.17, 15) is 0 Å². The van der Waals surface area contributed by atoms with E-state index in [0.29, 0.717) is 36.6 Å². The first-order valence-corrected chi connectivity index (χ1v) is 6.69. The van der Waals surface area contributed by atoms with E-state index in [0.717, 1.165) is 0 Å². The fourth-order valence-electron chi connectivity index (χ4n) is 3.67. The molecule has 0 spiro atoms. The molecule has 6 atom stereocenters. The van der Waals surface area contributed by atoms with Gasteiger partial charge >= 0.3 is 0 Å². The summed E-state index contributed by atoms with van der Waals surface area (Å²) in [6.07, 6.45) is 5.34. The Morgan fingerprint density at radius 3 is 1.31 bits per heavy atom. The highest BCUT2D eigenvalue weighted by Crippen LogP contribution is 2.29. The molecule has 0 aliphatic carbocycles. The maximum atomic E-state index is 3.74. The lowest BCUT2D eigenvalue weighted by Crippen LogP contribution is -2.76. The second kappa shape index (κ2) is 3.95. The summed E-state index contributed by atoms with van der Waals surface area (Å²) in [6, 6.07) is 1.90. The Hall–Kier alpha value is -0.160. The van der Waals surface area contributed by atoms with Crippen molar-refractivity contribution in [1.29, 1.82) is 0 Å². The van der Waals surface area contributed by atoms with E-state index in [2.05, 4.69) is 41.6 Å². The van der Waals surface area contributed by atoms with E-state index in [1.807, 2.05) is 0 Å². The molecule has 3 fully saturated rings. The summed E-state index contributed by atoms with van der Waals surface area (Å²) in [6.45, 7) is 6.92. The highest BCUT2D eigenvalue weighted by Gasteiger charge is 2.45. The van der Waals surface area contributed by atoms with Gasteiger partial charge in [0.1, 0.15) is 0 Å². The monoisotopic (exact) mass is 224 g/mol. The Morgan fingerprint density at radius 1 is 0.688 bits per heavy atom. The third-order valence-electron chi connectivity index (χ3n) is 4.24. The molecule has 0 radical (unpaired) electrons. The molecule has 92 valence electrons. The maximum Gasteiger partial charge on any atom is 0.0642 e. The van der Waals surface area contributed by atoms with Gasteiger partial charge in [-0.2, -0.15) is 0 Å². The molecule has 3 rings (SSSR count). The summed E-state index contributed by atoms with van der Waals surface area (Å²) in [7, 11) is 0. The van der Waals surface area contributed by atoms with Gasteiger partial charge in [-0.3, -0.25) is 20.9 Å². The van der Waals surface area contributed by atoms with Crippen LogP contribution in [0.4, 0.5) is 0 Å². The summed E-state index contributed by atoms with van der Waals surface area (Å²) < 4.78 is 0. The maximum absolute atomic E-state index is 3.74. The largest absolute Gasteiger partial charge is 0.299 e. The first kappa shape index (κ1) is 11.0. The van der Waals surface area contributed by atoms with E-state index >= 15 is 0 Å². The van der Waals surface area contributed by atoms with Gasteiger partial charge in [0.2, 0.25) is 0 Å². The van der Waals surface area contributed by atoms with Crippen LogP contribution in [0.1, 0.15) is 40.0 Å². The molecular weight excluding hydrogens is 200 g/mol. The van der Waals surface area contributed by atoms with Crippen molar-refractivity contribution in [3.05, 3.63) is 0 Å². The predicted molar refractivity (Wildman–Crippen MR) is 64.8 cm³/mol. The van der Waals surface area contributed by atoms with Gasteiger partial charge in [0.15, 0.2) is 0 Å². The minimum absolute atomic E-state index is 0.565. The number of nitrogens with one attached hydrogen (secondary N) is 3. The second-order valence-corrected chi connectivity index (χ2v) is 5.90. The van der Waals surface area contributed by atoms with Crippen LogP contribution in [-0.4, -0.2) is 41.5 Å². The first-order chi connectivity index (χ1) is 7.63. The Kier molecular flexibility index (Phi) is 2.70. The third-order valence-corrected chi connectivity index (χ3v) is 4.24. The van der Waals surface area contributed by atoms with Crippen LogP contribution in [0.3, 0.4) is 0 Å². The summed E-state index contributed by atoms with van der Waals surface area (Å²) in [5.41, 5.74) is 0. The van der Waals surface area contributed by atoms with Crippen LogP contribution in [-0.2, 0) is 0 Å². The number of nitrogens with zero attached hydrogens (tertiary/aromatic N) is 1. The Balaban J connectivity index is 1.83. The molecule has 3 N–H and O–H groups in total. The minimum Gasteiger partial charge on any atom is -0.299 e. The van der Waals surface area contributed by atoms with Crippen LogP contribution in [0.25, 0.3) is 0 Å². The highest BCUT2D eigenvalue weighted by molar-refractivity contribution is 4.99. The lowest BCUT2D eigenvalue weighted by Gasteiger charge is -2.57. The van der Waals surface area contributed by atoms with E-state index in [4.69, 9.17) is 0 Å². The van der Waals surface area contributed by atoms with E-state index in [1.54, 1.807) is 0 Å². The molecule has 16 heavy (non-hydrogen) atoms. The van der Waals surface area contributed by atoms with Gasteiger partial charge in [-0.25, -0.2) is 0 Å². The fraction of sp³-hybridized carbons (Fsp3) is 1.00. The number of hydrogen-bond acceptors (Lipinski definition) is 4. The molecular formula is C12H24N4. The van der Waals surface area contributed by atoms with Crippen molar-refractivity contribution in [3.63, 3.8) is 0 Å². The van der Waals surface area contributed by atoms with Crippen LogP contribution >= 0.6 is 0 Å². The highest BCUT2D eigenvalue weighted by atomic mass is 15.5. The van der Waals surface area contributed by atoms with Gasteiger partial charge in [0.05, 0.1) is 18.5 Å². The Labute approximate surface area is 98.1 Å². The van der Waals surface area contributed by atoms with Crippen molar-refractivity contribution < 1.29 is 0 Å². The van der Waals surface area contributed by atoms with Crippen molar-refractivity contribution >= 4 is 0 Å². The van der Waals surface area contributed by atoms with Gasteiger partial charge in [-0.05, 0) is 40.0 Å². The molecule has 3 heterocycles. The van der Waals surface area contributed by atoms with Gasteiger partial charge in [-0.15, -0.1) is 0 Å². The normalized spacial score (nSPS) is 53.4. The van der Waals surface area contributed by atoms with E-state index in [1.165, 1.54) is 19.3 Å². The SMILES string of the molecule is CC1CC2NC(C)CC3NC(C)CC(N1)N32. The molecule has 6 unspecified atom stereocenters. The van der Waals surface area contributed by atoms with Crippen molar-refractivity contribution in [1.82, 2.24) is 20.9 Å². The zero-order chi connectivity index (χ0) is 11.3. The fourth-order valence-corrected chi connectivity index (χ4v) is 3.67. The van der Waals surface area contributed by atoms with Crippen molar-refractivity contribution in [2.75, 3.05) is 0 Å². The lowest BCUT2D eigenvalue weighted by atomic mass is 9.94. The van der Waals surface area contributed by atoms with Crippen LogP contribution in [0.2, 0.25) is 0 Å². The van der Waals surface area contributed by atoms with Gasteiger partial charge < -0.3 is 0 Å². The van der Waals surface area contributed by atoms with Crippen LogP contribution in [0.15, 0.2) is 0 Å². The zero-order valence-corrected chi connectivity index (χ0v) is 10.5. The molecule has 4 heteroatoms. The van der Waals surface area contributed by atoms with Crippen molar-refractivity contribution in [2.24, 2.45) is 0 Å². The quantitative estimate of drug-likeness (QED) is 0.557. The minimum atomic E-state index is 0.565. The van der Waals surface area contributed by atoms with E-state index in [-0.39, 0.29) is 0 Å². The predicted octanol–water partition coefficient (Wildman–Crippen LogP) is 0.412. The van der Waals surface area contributed by atoms with E-state index < -0.39 is 0 Å². The molecule has 0 bridgehead atoms. The molecule has 0 saturated carbocycles. The van der Waals surface area contributed by atoms with Crippen LogP contribution in [0, 0.1) is 0 Å². The Bertz CT molecular complexity index is 209. The smallest absolute Gasteiger partial charge is 0.0642 e. The van der Waals surface area contributed by atoms with Gasteiger partial charge in [0.25, 0.3) is 0 Å². The summed E-state index contributed by atoms with van der Waals surface area (Å²) in [5, 5.41) is 11.2. The lowest BCUT2D eigenvalue weighted by molar-refractivity contribution is -0.0841. The average molecular weight is 224 g/mol. The second-order valence-electron chi connectivity index (χ2n) is 5.90. The standard InChI is InChI=1S/C12H24N4/c1-7-4-10-14-9(3)6-12-15-8(2)5-11(13-7)16(10)12/h7-15H,4-6H2,1-3H3.